The van der Waals surface area contributed by atoms with E-state index in [1.165, 1.54) is 12.1 Å². The number of nitrogens with zero attached hydrogens (tertiary/aromatic N) is 1. The minimum Gasteiger partial charge on any atom is -0.504 e. The summed E-state index contributed by atoms with van der Waals surface area (Å²) in [6.45, 7) is 4.24. The Morgan fingerprint density at radius 1 is 1.31 bits per heavy atom. The molecule has 0 heterocycles. The number of benzene rings is 2. The van der Waals surface area contributed by atoms with Gasteiger partial charge in [0, 0.05) is 10.2 Å². The van der Waals surface area contributed by atoms with Crippen molar-refractivity contribution in [3.05, 3.63) is 57.6 Å². The van der Waals surface area contributed by atoms with Crippen LogP contribution in [0.3, 0.4) is 0 Å². The molecule has 0 saturated carbocycles. The third-order valence-electron chi connectivity index (χ3n) is 3.66. The summed E-state index contributed by atoms with van der Waals surface area (Å²) in [6.07, 6.45) is 2.36. The lowest BCUT2D eigenvalue weighted by Gasteiger charge is -2.09. The molecule has 1 amide bonds. The van der Waals surface area contributed by atoms with Crippen molar-refractivity contribution in [1.82, 2.24) is 0 Å². The number of anilines is 1. The Morgan fingerprint density at radius 2 is 2.00 bits per heavy atom. The summed E-state index contributed by atoms with van der Waals surface area (Å²) in [6, 6.07) is 12.4. The van der Waals surface area contributed by atoms with Gasteiger partial charge in [-0.3, -0.25) is 4.79 Å². The zero-order chi connectivity index (χ0) is 19.1. The fraction of sp³-hybridized carbons (Fsp3) is 0.200. The molecule has 6 heteroatoms. The molecule has 0 atom stereocenters. The highest BCUT2D eigenvalue weighted by molar-refractivity contribution is 9.10. The third-order valence-corrected chi connectivity index (χ3v) is 4.35. The van der Waals surface area contributed by atoms with Crippen LogP contribution in [0.4, 0.5) is 5.69 Å². The highest BCUT2D eigenvalue weighted by Crippen LogP contribution is 2.33. The maximum absolute atomic E-state index is 12.4. The molecule has 0 bridgehead atoms. The highest BCUT2D eigenvalue weighted by Gasteiger charge is 2.13. The number of carbonyl (C=O) groups excluding carboxylic acids is 1. The van der Waals surface area contributed by atoms with Gasteiger partial charge in [0.2, 0.25) is 0 Å². The van der Waals surface area contributed by atoms with Crippen molar-refractivity contribution in [3.8, 4) is 17.6 Å². The van der Waals surface area contributed by atoms with Gasteiger partial charge in [0.25, 0.3) is 5.91 Å². The Hall–Kier alpha value is -2.78. The molecule has 0 radical (unpaired) electrons. The van der Waals surface area contributed by atoms with Gasteiger partial charge in [0.1, 0.15) is 11.6 Å². The Labute approximate surface area is 161 Å². The smallest absolute Gasteiger partial charge is 0.266 e. The number of phenols is 1. The summed E-state index contributed by atoms with van der Waals surface area (Å²) < 4.78 is 5.89. The molecule has 134 valence electrons. The Balaban J connectivity index is 2.27. The fourth-order valence-electron chi connectivity index (χ4n) is 2.27. The summed E-state index contributed by atoms with van der Waals surface area (Å²) in [7, 11) is 0. The van der Waals surface area contributed by atoms with Crippen molar-refractivity contribution < 1.29 is 14.6 Å². The number of nitrogens with one attached hydrogen (secondary N) is 1. The van der Waals surface area contributed by atoms with Gasteiger partial charge < -0.3 is 15.2 Å². The molecule has 0 spiro atoms. The number of rotatable bonds is 6. The number of phenolic OH excluding ortho intramolecular Hbond substituents is 1. The first-order valence-electron chi connectivity index (χ1n) is 8.15. The first-order chi connectivity index (χ1) is 12.5. The summed E-state index contributed by atoms with van der Waals surface area (Å²) in [5.41, 5.74) is 2.28. The van der Waals surface area contributed by atoms with Gasteiger partial charge >= 0.3 is 0 Å². The Morgan fingerprint density at radius 3 is 2.58 bits per heavy atom. The predicted octanol–water partition coefficient (Wildman–Crippen LogP) is 4.66. The van der Waals surface area contributed by atoms with E-state index in [1.807, 2.05) is 18.2 Å². The second-order valence-corrected chi connectivity index (χ2v) is 6.30. The molecule has 0 aliphatic heterocycles. The van der Waals surface area contributed by atoms with Crippen molar-refractivity contribution in [2.45, 2.75) is 20.3 Å². The van der Waals surface area contributed by atoms with Crippen molar-refractivity contribution in [2.24, 2.45) is 0 Å². The standard InChI is InChI=1S/C20H19BrN2O3/c1-3-13-5-7-16(8-6-13)23-20(25)15(12-22)9-14-10-19(26-4-2)18(24)11-17(14)21/h5-11,24H,3-4H2,1-2H3,(H,23,25)/b15-9-. The molecule has 0 aromatic heterocycles. The zero-order valence-electron chi connectivity index (χ0n) is 14.5. The van der Waals surface area contributed by atoms with E-state index in [-0.39, 0.29) is 17.1 Å². The first-order valence-corrected chi connectivity index (χ1v) is 8.95. The fourth-order valence-corrected chi connectivity index (χ4v) is 2.71. The molecule has 0 aliphatic rings. The minimum absolute atomic E-state index is 0.0187. The van der Waals surface area contributed by atoms with Crippen LogP contribution in [0.2, 0.25) is 0 Å². The molecule has 0 fully saturated rings. The first kappa shape index (κ1) is 19.5. The van der Waals surface area contributed by atoms with Crippen LogP contribution in [0.1, 0.15) is 25.0 Å². The molecule has 0 aliphatic carbocycles. The minimum atomic E-state index is -0.505. The number of halogens is 1. The molecule has 0 unspecified atom stereocenters. The average molecular weight is 415 g/mol. The van der Waals surface area contributed by atoms with Gasteiger partial charge in [0.05, 0.1) is 6.61 Å². The second kappa shape index (κ2) is 9.07. The molecular weight excluding hydrogens is 396 g/mol. The zero-order valence-corrected chi connectivity index (χ0v) is 16.1. The van der Waals surface area contributed by atoms with Crippen molar-refractivity contribution in [2.75, 3.05) is 11.9 Å². The van der Waals surface area contributed by atoms with Crippen LogP contribution < -0.4 is 10.1 Å². The molecule has 2 N–H and O–H groups in total. The lowest BCUT2D eigenvalue weighted by Crippen LogP contribution is -2.13. The van der Waals surface area contributed by atoms with Gasteiger partial charge in [0.15, 0.2) is 11.5 Å². The van der Waals surface area contributed by atoms with E-state index in [9.17, 15) is 15.2 Å². The second-order valence-electron chi connectivity index (χ2n) is 5.45. The predicted molar refractivity (Wildman–Crippen MR) is 105 cm³/mol. The molecule has 2 aromatic rings. The summed E-state index contributed by atoms with van der Waals surface area (Å²) in [5.74, 6) is -0.237. The number of hydrogen-bond donors (Lipinski definition) is 2. The van der Waals surface area contributed by atoms with E-state index in [1.54, 1.807) is 25.1 Å². The molecule has 5 nitrogen and oxygen atoms in total. The number of aryl methyl sites for hydroxylation is 1. The third kappa shape index (κ3) is 4.87. The molecule has 2 rings (SSSR count). The Bertz CT molecular complexity index is 868. The number of aromatic hydroxyl groups is 1. The summed E-state index contributed by atoms with van der Waals surface area (Å²) in [4.78, 5) is 12.4. The Kier molecular flexibility index (Phi) is 6.81. The monoisotopic (exact) mass is 414 g/mol. The maximum Gasteiger partial charge on any atom is 0.266 e. The van der Waals surface area contributed by atoms with Crippen molar-refractivity contribution >= 4 is 33.6 Å². The SMILES string of the molecule is CCOc1cc(/C=C(/C#N)C(=O)Nc2ccc(CC)cc2)c(Br)cc1O. The van der Waals surface area contributed by atoms with Gasteiger partial charge in [-0.1, -0.05) is 35.0 Å². The van der Waals surface area contributed by atoms with Gasteiger partial charge in [-0.05, 0) is 54.8 Å². The van der Waals surface area contributed by atoms with Crippen LogP contribution in [-0.4, -0.2) is 17.6 Å². The maximum atomic E-state index is 12.4. The van der Waals surface area contributed by atoms with E-state index >= 15 is 0 Å². The number of amides is 1. The number of nitriles is 1. The van der Waals surface area contributed by atoms with Crippen LogP contribution in [0.15, 0.2) is 46.4 Å². The molecule has 2 aromatic carbocycles. The molecular formula is C20H19BrN2O3. The lowest BCUT2D eigenvalue weighted by atomic mass is 10.1. The number of carbonyl (C=O) groups is 1. The highest BCUT2D eigenvalue weighted by atomic mass is 79.9. The largest absolute Gasteiger partial charge is 0.504 e. The average Bonchev–Trinajstić information content (AvgIpc) is 2.63. The van der Waals surface area contributed by atoms with Gasteiger partial charge in [-0.25, -0.2) is 0 Å². The lowest BCUT2D eigenvalue weighted by molar-refractivity contribution is -0.112. The normalized spacial score (nSPS) is 10.9. The van der Waals surface area contributed by atoms with E-state index in [4.69, 9.17) is 4.74 Å². The summed E-state index contributed by atoms with van der Waals surface area (Å²) in [5, 5.41) is 21.9. The van der Waals surface area contributed by atoms with Gasteiger partial charge in [-0.2, -0.15) is 5.26 Å². The number of hydrogen-bond acceptors (Lipinski definition) is 4. The van der Waals surface area contributed by atoms with E-state index in [0.717, 1.165) is 12.0 Å². The van der Waals surface area contributed by atoms with Crippen LogP contribution in [0.25, 0.3) is 6.08 Å². The van der Waals surface area contributed by atoms with E-state index < -0.39 is 5.91 Å². The van der Waals surface area contributed by atoms with Crippen LogP contribution >= 0.6 is 15.9 Å². The van der Waals surface area contributed by atoms with Crippen molar-refractivity contribution in [3.63, 3.8) is 0 Å². The number of ether oxygens (including phenoxy) is 1. The van der Waals surface area contributed by atoms with Crippen LogP contribution in [0, 0.1) is 11.3 Å². The molecule has 26 heavy (non-hydrogen) atoms. The van der Waals surface area contributed by atoms with E-state index in [0.29, 0.717) is 22.3 Å². The quantitative estimate of drug-likeness (QED) is 0.531. The van der Waals surface area contributed by atoms with Crippen LogP contribution in [0.5, 0.6) is 11.5 Å². The van der Waals surface area contributed by atoms with Gasteiger partial charge in [-0.15, -0.1) is 0 Å². The van der Waals surface area contributed by atoms with Crippen molar-refractivity contribution in [1.29, 1.82) is 5.26 Å². The van der Waals surface area contributed by atoms with E-state index in [2.05, 4.69) is 28.2 Å². The topological polar surface area (TPSA) is 82.3 Å². The summed E-state index contributed by atoms with van der Waals surface area (Å²) >= 11 is 3.32. The molecule has 0 saturated heterocycles. The van der Waals surface area contributed by atoms with Crippen LogP contribution in [-0.2, 0) is 11.2 Å².